The van der Waals surface area contributed by atoms with Gasteiger partial charge in [0.1, 0.15) is 11.5 Å². The second-order valence-electron chi connectivity index (χ2n) is 5.60. The highest BCUT2D eigenvalue weighted by molar-refractivity contribution is 5.94. The standard InChI is InChI=1S/C16H15F3N2O2/c1-10-8-13(20-23-10)14-6-3-7-21(14)15(22)11-4-2-5-12(9-11)16(17,18)19/h2,4-5,8-9,14H,3,6-7H2,1H3/t14-/m0/s1. The van der Waals surface area contributed by atoms with Crippen LogP contribution in [-0.2, 0) is 6.18 Å². The summed E-state index contributed by atoms with van der Waals surface area (Å²) in [5, 5.41) is 3.93. The normalized spacial score (nSPS) is 18.4. The van der Waals surface area contributed by atoms with Gasteiger partial charge in [-0.2, -0.15) is 13.2 Å². The Hall–Kier alpha value is -2.31. The Morgan fingerprint density at radius 2 is 2.13 bits per heavy atom. The molecule has 1 aliphatic rings. The smallest absolute Gasteiger partial charge is 0.361 e. The number of nitrogens with zero attached hydrogens (tertiary/aromatic N) is 2. The fourth-order valence-electron chi connectivity index (χ4n) is 2.85. The number of benzene rings is 1. The van der Waals surface area contributed by atoms with Crippen LogP contribution >= 0.6 is 0 Å². The quantitative estimate of drug-likeness (QED) is 0.839. The summed E-state index contributed by atoms with van der Waals surface area (Å²) < 4.78 is 43.5. The number of aryl methyl sites for hydroxylation is 1. The summed E-state index contributed by atoms with van der Waals surface area (Å²) >= 11 is 0. The molecule has 23 heavy (non-hydrogen) atoms. The minimum atomic E-state index is -4.47. The SMILES string of the molecule is Cc1cc([C@@H]2CCCN2C(=O)c2cccc(C(F)(F)F)c2)no1. The molecule has 0 saturated carbocycles. The molecule has 2 aromatic rings. The first-order valence-corrected chi connectivity index (χ1v) is 7.28. The van der Waals surface area contributed by atoms with Crippen LogP contribution < -0.4 is 0 Å². The second kappa shape index (κ2) is 5.72. The fourth-order valence-corrected chi connectivity index (χ4v) is 2.85. The lowest BCUT2D eigenvalue weighted by atomic mass is 10.1. The molecule has 0 unspecified atom stereocenters. The Bertz CT molecular complexity index is 724. The van der Waals surface area contributed by atoms with Crippen LogP contribution in [0.1, 0.15) is 46.3 Å². The number of halogens is 3. The van der Waals surface area contributed by atoms with Gasteiger partial charge in [0.15, 0.2) is 0 Å². The highest BCUT2D eigenvalue weighted by Gasteiger charge is 2.35. The predicted molar refractivity (Wildman–Crippen MR) is 75.7 cm³/mol. The Morgan fingerprint density at radius 1 is 1.35 bits per heavy atom. The van der Waals surface area contributed by atoms with E-state index in [0.717, 1.165) is 25.0 Å². The van der Waals surface area contributed by atoms with Crippen LogP contribution in [0.25, 0.3) is 0 Å². The van der Waals surface area contributed by atoms with Crippen LogP contribution in [0.4, 0.5) is 13.2 Å². The Balaban J connectivity index is 1.87. The maximum Gasteiger partial charge on any atom is 0.416 e. The molecule has 1 saturated heterocycles. The van der Waals surface area contributed by atoms with Crippen molar-refractivity contribution in [2.45, 2.75) is 32.0 Å². The Kier molecular flexibility index (Phi) is 3.87. The second-order valence-corrected chi connectivity index (χ2v) is 5.60. The molecule has 4 nitrogen and oxygen atoms in total. The van der Waals surface area contributed by atoms with Gasteiger partial charge in [0.05, 0.1) is 11.6 Å². The van der Waals surface area contributed by atoms with Crippen LogP contribution in [0.5, 0.6) is 0 Å². The number of likely N-dealkylation sites (tertiary alicyclic amines) is 1. The van der Waals surface area contributed by atoms with Crippen molar-refractivity contribution in [2.24, 2.45) is 0 Å². The molecule has 0 spiro atoms. The summed E-state index contributed by atoms with van der Waals surface area (Å²) in [7, 11) is 0. The lowest BCUT2D eigenvalue weighted by Gasteiger charge is -2.23. The van der Waals surface area contributed by atoms with Gasteiger partial charge in [0.25, 0.3) is 5.91 Å². The number of alkyl halides is 3. The average molecular weight is 324 g/mol. The maximum absolute atomic E-state index is 12.8. The highest BCUT2D eigenvalue weighted by Crippen LogP contribution is 2.34. The van der Waals surface area contributed by atoms with Crippen molar-refractivity contribution in [2.75, 3.05) is 6.54 Å². The van der Waals surface area contributed by atoms with Gasteiger partial charge in [-0.25, -0.2) is 0 Å². The first kappa shape index (κ1) is 15.6. The molecule has 3 rings (SSSR count). The van der Waals surface area contributed by atoms with Crippen LogP contribution in [0.2, 0.25) is 0 Å². The van der Waals surface area contributed by atoms with E-state index in [4.69, 9.17) is 4.52 Å². The van der Waals surface area contributed by atoms with Crippen molar-refractivity contribution in [1.29, 1.82) is 0 Å². The average Bonchev–Trinajstić information content (AvgIpc) is 3.14. The van der Waals surface area contributed by atoms with E-state index in [1.165, 1.54) is 12.1 Å². The van der Waals surface area contributed by atoms with Gasteiger partial charge in [-0.15, -0.1) is 0 Å². The molecule has 1 aromatic heterocycles. The molecule has 122 valence electrons. The third-order valence-electron chi connectivity index (χ3n) is 3.94. The molecular weight excluding hydrogens is 309 g/mol. The predicted octanol–water partition coefficient (Wildman–Crippen LogP) is 3.98. The summed E-state index contributed by atoms with van der Waals surface area (Å²) in [5.41, 5.74) is -0.149. The third-order valence-corrected chi connectivity index (χ3v) is 3.94. The summed E-state index contributed by atoms with van der Waals surface area (Å²) in [6.45, 7) is 2.25. The van der Waals surface area contributed by atoms with E-state index in [9.17, 15) is 18.0 Å². The molecular formula is C16H15F3N2O2. The van der Waals surface area contributed by atoms with Gasteiger partial charge in [-0.1, -0.05) is 11.2 Å². The van der Waals surface area contributed by atoms with Gasteiger partial charge >= 0.3 is 6.18 Å². The molecule has 1 fully saturated rings. The van der Waals surface area contributed by atoms with E-state index in [1.807, 2.05) is 0 Å². The van der Waals surface area contributed by atoms with Gasteiger partial charge in [0.2, 0.25) is 0 Å². The van der Waals surface area contributed by atoms with Gasteiger partial charge < -0.3 is 9.42 Å². The van der Waals surface area contributed by atoms with Gasteiger partial charge in [0, 0.05) is 18.2 Å². The minimum Gasteiger partial charge on any atom is -0.361 e. The van der Waals surface area contributed by atoms with Crippen LogP contribution in [-0.4, -0.2) is 22.5 Å². The number of rotatable bonds is 2. The number of hydrogen-bond donors (Lipinski definition) is 0. The van der Waals surface area contributed by atoms with E-state index >= 15 is 0 Å². The molecule has 0 radical (unpaired) electrons. The summed E-state index contributed by atoms with van der Waals surface area (Å²) in [4.78, 5) is 14.2. The summed E-state index contributed by atoms with van der Waals surface area (Å²) in [6.07, 6.45) is -2.97. The zero-order valence-electron chi connectivity index (χ0n) is 12.4. The van der Waals surface area contributed by atoms with Crippen molar-refractivity contribution in [1.82, 2.24) is 10.1 Å². The summed E-state index contributed by atoms with van der Waals surface area (Å²) in [5.74, 6) is 0.220. The van der Waals surface area contributed by atoms with E-state index < -0.39 is 17.6 Å². The largest absolute Gasteiger partial charge is 0.416 e. The van der Waals surface area contributed by atoms with Crippen molar-refractivity contribution in [3.8, 4) is 0 Å². The first-order valence-electron chi connectivity index (χ1n) is 7.28. The number of carbonyl (C=O) groups excluding carboxylic acids is 1. The summed E-state index contributed by atoms with van der Waals surface area (Å²) in [6, 6.07) is 6.00. The Labute approximate surface area is 130 Å². The highest BCUT2D eigenvalue weighted by atomic mass is 19.4. The van der Waals surface area contributed by atoms with E-state index in [1.54, 1.807) is 17.9 Å². The van der Waals surface area contributed by atoms with E-state index in [0.29, 0.717) is 18.0 Å². The van der Waals surface area contributed by atoms with Crippen molar-refractivity contribution in [3.05, 3.63) is 52.9 Å². The molecule has 0 bridgehead atoms. The molecule has 2 heterocycles. The number of carbonyl (C=O) groups is 1. The minimum absolute atomic E-state index is 0.0342. The number of aromatic nitrogens is 1. The van der Waals surface area contributed by atoms with Crippen LogP contribution in [0.15, 0.2) is 34.9 Å². The molecule has 7 heteroatoms. The molecule has 1 atom stereocenters. The molecule has 1 aliphatic heterocycles. The zero-order valence-corrected chi connectivity index (χ0v) is 12.4. The fraction of sp³-hybridized carbons (Fsp3) is 0.375. The van der Waals surface area contributed by atoms with Crippen molar-refractivity contribution >= 4 is 5.91 Å². The lowest BCUT2D eigenvalue weighted by Crippen LogP contribution is -2.31. The number of amides is 1. The van der Waals surface area contributed by atoms with Crippen LogP contribution in [0, 0.1) is 6.92 Å². The van der Waals surface area contributed by atoms with Crippen molar-refractivity contribution in [3.63, 3.8) is 0 Å². The van der Waals surface area contributed by atoms with Gasteiger partial charge in [-0.05, 0) is 38.0 Å². The zero-order chi connectivity index (χ0) is 16.6. The molecule has 1 amide bonds. The van der Waals surface area contributed by atoms with Crippen LogP contribution in [0.3, 0.4) is 0 Å². The Morgan fingerprint density at radius 3 is 2.78 bits per heavy atom. The number of hydrogen-bond acceptors (Lipinski definition) is 3. The first-order chi connectivity index (χ1) is 10.9. The topological polar surface area (TPSA) is 46.3 Å². The monoisotopic (exact) mass is 324 g/mol. The maximum atomic E-state index is 12.8. The van der Waals surface area contributed by atoms with E-state index in [-0.39, 0.29) is 11.6 Å². The third kappa shape index (κ3) is 3.09. The van der Waals surface area contributed by atoms with Gasteiger partial charge in [-0.3, -0.25) is 4.79 Å². The van der Waals surface area contributed by atoms with Crippen molar-refractivity contribution < 1.29 is 22.5 Å². The van der Waals surface area contributed by atoms with E-state index in [2.05, 4.69) is 5.16 Å². The molecule has 1 aromatic carbocycles. The molecule has 0 aliphatic carbocycles. The molecule has 0 N–H and O–H groups in total. The lowest BCUT2D eigenvalue weighted by molar-refractivity contribution is -0.137.